The monoisotopic (exact) mass is 500 g/mol. The summed E-state index contributed by atoms with van der Waals surface area (Å²) in [4.78, 5) is 1.01. The van der Waals surface area contributed by atoms with Gasteiger partial charge in [0, 0.05) is 29.3 Å². The number of ether oxygens (including phenoxy) is 1. The number of fused-ring (bicyclic) bond motifs is 1. The van der Waals surface area contributed by atoms with Gasteiger partial charge < -0.3 is 4.74 Å². The Morgan fingerprint density at radius 2 is 1.79 bits per heavy atom. The van der Waals surface area contributed by atoms with Crippen molar-refractivity contribution in [3.05, 3.63) is 59.7 Å². The third-order valence-corrected chi connectivity index (χ3v) is 9.03. The van der Waals surface area contributed by atoms with Crippen molar-refractivity contribution >= 4 is 27.7 Å². The lowest BCUT2D eigenvalue weighted by atomic mass is 10.0. The highest BCUT2D eigenvalue weighted by Crippen LogP contribution is 2.48. The first kappa shape index (κ1) is 25.6. The lowest BCUT2D eigenvalue weighted by molar-refractivity contribution is -0.135. The first-order valence-corrected chi connectivity index (χ1v) is 13.0. The van der Waals surface area contributed by atoms with Gasteiger partial charge in [-0.05, 0) is 55.7 Å². The van der Waals surface area contributed by atoms with E-state index >= 15 is 0 Å². The molecule has 0 bridgehead atoms. The summed E-state index contributed by atoms with van der Waals surface area (Å²) in [5, 5.41) is 7.40. The van der Waals surface area contributed by atoms with Crippen LogP contribution in [0.3, 0.4) is 0 Å². The molecular weight excluding hydrogens is 473 g/mol. The number of nitrogens with one attached hydrogen (secondary N) is 1. The van der Waals surface area contributed by atoms with Crippen LogP contribution >= 0.6 is 11.8 Å². The molecule has 2 atom stereocenters. The SMILES string of the molecule is CCOC(=N)c1ccc(S(=O)(=O)N(CCCCC(F)(F)F)C2Sc3ccccc3C2C)cc1. The third kappa shape index (κ3) is 6.10. The molecule has 0 radical (unpaired) electrons. The molecule has 2 aromatic rings. The maximum Gasteiger partial charge on any atom is 0.389 e. The number of thioether (sulfide) groups is 1. The van der Waals surface area contributed by atoms with Crippen molar-refractivity contribution in [2.24, 2.45) is 0 Å². The zero-order valence-electron chi connectivity index (χ0n) is 18.4. The molecule has 2 aromatic carbocycles. The molecule has 0 aliphatic carbocycles. The summed E-state index contributed by atoms with van der Waals surface area (Å²) in [6.07, 6.45) is -5.25. The van der Waals surface area contributed by atoms with Crippen LogP contribution in [-0.4, -0.2) is 43.3 Å². The molecule has 180 valence electrons. The maximum atomic E-state index is 13.6. The zero-order valence-corrected chi connectivity index (χ0v) is 20.1. The summed E-state index contributed by atoms with van der Waals surface area (Å²) in [7, 11) is -3.99. The Balaban J connectivity index is 1.87. The van der Waals surface area contributed by atoms with Crippen molar-refractivity contribution in [3.8, 4) is 0 Å². The summed E-state index contributed by atoms with van der Waals surface area (Å²) >= 11 is 1.42. The van der Waals surface area contributed by atoms with Gasteiger partial charge in [-0.1, -0.05) is 25.1 Å². The van der Waals surface area contributed by atoms with Gasteiger partial charge in [0.2, 0.25) is 15.9 Å². The molecule has 0 aromatic heterocycles. The second-order valence-electron chi connectivity index (χ2n) is 7.81. The largest absolute Gasteiger partial charge is 0.478 e. The summed E-state index contributed by atoms with van der Waals surface area (Å²) in [6, 6.07) is 13.5. The van der Waals surface area contributed by atoms with Crippen LogP contribution in [0.25, 0.3) is 0 Å². The van der Waals surface area contributed by atoms with Gasteiger partial charge in [0.05, 0.1) is 16.9 Å². The maximum absolute atomic E-state index is 13.6. The van der Waals surface area contributed by atoms with Crippen LogP contribution < -0.4 is 0 Å². The minimum atomic E-state index is -4.27. The molecule has 0 saturated carbocycles. The van der Waals surface area contributed by atoms with E-state index in [9.17, 15) is 21.6 Å². The molecule has 0 amide bonds. The lowest BCUT2D eigenvalue weighted by Gasteiger charge is -2.30. The Morgan fingerprint density at radius 3 is 2.39 bits per heavy atom. The smallest absolute Gasteiger partial charge is 0.389 e. The number of halogens is 3. The second kappa shape index (κ2) is 10.5. The molecule has 0 spiro atoms. The van der Waals surface area contributed by atoms with Crippen LogP contribution in [-0.2, 0) is 14.8 Å². The average molecular weight is 501 g/mol. The summed E-state index contributed by atoms with van der Waals surface area (Å²) in [6.45, 7) is 4.00. The number of hydrogen-bond donors (Lipinski definition) is 1. The Morgan fingerprint density at radius 1 is 1.12 bits per heavy atom. The van der Waals surface area contributed by atoms with Crippen LogP contribution in [0.15, 0.2) is 58.3 Å². The molecule has 2 unspecified atom stereocenters. The molecule has 0 saturated heterocycles. The molecule has 1 aliphatic heterocycles. The third-order valence-electron chi connectivity index (χ3n) is 5.47. The molecule has 1 heterocycles. The molecule has 1 N–H and O–H groups in total. The summed E-state index contributed by atoms with van der Waals surface area (Å²) in [5.41, 5.74) is 1.48. The number of alkyl halides is 3. The second-order valence-corrected chi connectivity index (χ2v) is 10.9. The van der Waals surface area contributed by atoms with E-state index in [0.29, 0.717) is 12.2 Å². The average Bonchev–Trinajstić information content (AvgIpc) is 3.09. The van der Waals surface area contributed by atoms with Gasteiger partial charge in [0.1, 0.15) is 0 Å². The van der Waals surface area contributed by atoms with Gasteiger partial charge in [-0.3, -0.25) is 5.41 Å². The molecule has 0 fully saturated rings. The van der Waals surface area contributed by atoms with Gasteiger partial charge >= 0.3 is 6.18 Å². The Bertz CT molecular complexity index is 1070. The van der Waals surface area contributed by atoms with Crippen molar-refractivity contribution in [1.82, 2.24) is 4.31 Å². The molecule has 5 nitrogen and oxygen atoms in total. The number of unbranched alkanes of at least 4 members (excludes halogenated alkanes) is 1. The molecule has 10 heteroatoms. The summed E-state index contributed by atoms with van der Waals surface area (Å²) < 4.78 is 71.6. The Kier molecular flexibility index (Phi) is 8.13. The van der Waals surface area contributed by atoms with Crippen LogP contribution in [0, 0.1) is 5.41 Å². The number of sulfonamides is 1. The van der Waals surface area contributed by atoms with Gasteiger partial charge in [-0.2, -0.15) is 17.5 Å². The van der Waals surface area contributed by atoms with E-state index in [1.54, 1.807) is 6.92 Å². The van der Waals surface area contributed by atoms with E-state index in [1.807, 2.05) is 31.2 Å². The fourth-order valence-electron chi connectivity index (χ4n) is 3.78. The highest BCUT2D eigenvalue weighted by atomic mass is 32.2. The van der Waals surface area contributed by atoms with Crippen molar-refractivity contribution < 1.29 is 26.3 Å². The number of rotatable bonds is 9. The predicted molar refractivity (Wildman–Crippen MR) is 123 cm³/mol. The van der Waals surface area contributed by atoms with Gasteiger partial charge in [-0.25, -0.2) is 8.42 Å². The quantitative estimate of drug-likeness (QED) is 0.260. The van der Waals surface area contributed by atoms with E-state index < -0.39 is 28.0 Å². The highest BCUT2D eigenvalue weighted by molar-refractivity contribution is 8.01. The first-order valence-electron chi connectivity index (χ1n) is 10.7. The Labute approximate surface area is 196 Å². The predicted octanol–water partition coefficient (Wildman–Crippen LogP) is 6.01. The lowest BCUT2D eigenvalue weighted by Crippen LogP contribution is -2.40. The highest BCUT2D eigenvalue weighted by Gasteiger charge is 2.40. The normalized spacial score (nSPS) is 18.4. The van der Waals surface area contributed by atoms with E-state index in [1.165, 1.54) is 40.3 Å². The minimum absolute atomic E-state index is 0.00900. The van der Waals surface area contributed by atoms with Crippen molar-refractivity contribution in [1.29, 1.82) is 5.41 Å². The van der Waals surface area contributed by atoms with E-state index in [-0.39, 0.29) is 36.1 Å². The van der Waals surface area contributed by atoms with Crippen molar-refractivity contribution in [2.45, 2.75) is 60.4 Å². The zero-order chi connectivity index (χ0) is 24.2. The van der Waals surface area contributed by atoms with Crippen molar-refractivity contribution in [3.63, 3.8) is 0 Å². The van der Waals surface area contributed by atoms with Crippen LogP contribution in [0.4, 0.5) is 13.2 Å². The topological polar surface area (TPSA) is 70.5 Å². The molecule has 33 heavy (non-hydrogen) atoms. The van der Waals surface area contributed by atoms with Crippen LogP contribution in [0.5, 0.6) is 0 Å². The van der Waals surface area contributed by atoms with Crippen molar-refractivity contribution in [2.75, 3.05) is 13.2 Å². The number of hydrogen-bond acceptors (Lipinski definition) is 5. The Hall–Kier alpha value is -2.04. The minimum Gasteiger partial charge on any atom is -0.478 e. The first-order chi connectivity index (χ1) is 15.5. The number of nitrogens with zero attached hydrogens (tertiary/aromatic N) is 1. The van der Waals surface area contributed by atoms with Crippen LogP contribution in [0.2, 0.25) is 0 Å². The van der Waals surface area contributed by atoms with E-state index in [2.05, 4.69) is 0 Å². The fourth-order valence-corrected chi connectivity index (χ4v) is 7.20. The standard InChI is InChI=1S/C23H27F3N2O3S2/c1-3-31-21(27)17-10-12-18(13-11-17)33(29,30)28(15-7-6-14-23(24,25)26)22-16(2)19-8-4-5-9-20(19)32-22/h4-5,8-13,16,22,27H,3,6-7,14-15H2,1-2H3. The van der Waals surface area contributed by atoms with Gasteiger partial charge in [0.15, 0.2) is 0 Å². The molecular formula is C23H27F3N2O3S2. The molecule has 1 aliphatic rings. The van der Waals surface area contributed by atoms with Gasteiger partial charge in [-0.15, -0.1) is 11.8 Å². The fraction of sp³-hybridized carbons (Fsp3) is 0.435. The van der Waals surface area contributed by atoms with E-state index in [4.69, 9.17) is 10.1 Å². The molecule has 3 rings (SSSR count). The summed E-state index contributed by atoms with van der Waals surface area (Å²) in [5.74, 6) is -0.171. The van der Waals surface area contributed by atoms with Crippen LogP contribution in [0.1, 0.15) is 50.2 Å². The number of benzene rings is 2. The van der Waals surface area contributed by atoms with E-state index in [0.717, 1.165) is 10.5 Å². The van der Waals surface area contributed by atoms with Gasteiger partial charge in [0.25, 0.3) is 0 Å².